The van der Waals surface area contributed by atoms with Crippen molar-refractivity contribution >= 4 is 16.7 Å². The predicted molar refractivity (Wildman–Crippen MR) is 80.7 cm³/mol. The second-order valence-electron chi connectivity index (χ2n) is 4.97. The Kier molecular flexibility index (Phi) is 3.17. The lowest BCUT2D eigenvalue weighted by Gasteiger charge is -2.11. The lowest BCUT2D eigenvalue weighted by atomic mass is 10.2. The fourth-order valence-corrected chi connectivity index (χ4v) is 2.43. The van der Waals surface area contributed by atoms with Gasteiger partial charge in [-0.05, 0) is 42.8 Å². The van der Waals surface area contributed by atoms with E-state index in [0.29, 0.717) is 16.9 Å². The number of nitrogens with zero attached hydrogens (tertiary/aromatic N) is 2. The molecular weight excluding hydrogens is 269 g/mol. The number of anilines is 1. The zero-order valence-corrected chi connectivity index (χ0v) is 11.5. The van der Waals surface area contributed by atoms with E-state index in [0.717, 1.165) is 11.0 Å². The van der Waals surface area contributed by atoms with Gasteiger partial charge < -0.3 is 10.3 Å². The second-order valence-corrected chi connectivity index (χ2v) is 4.97. The SMILES string of the molecule is Cc1nc2ccccc2n(Cc2cc(N)cc(F)c2)c1=O. The van der Waals surface area contributed by atoms with Gasteiger partial charge in [0.1, 0.15) is 11.5 Å². The quantitative estimate of drug-likeness (QED) is 0.735. The van der Waals surface area contributed by atoms with Crippen molar-refractivity contribution in [3.63, 3.8) is 0 Å². The molecule has 0 atom stereocenters. The number of rotatable bonds is 2. The van der Waals surface area contributed by atoms with E-state index in [9.17, 15) is 9.18 Å². The summed E-state index contributed by atoms with van der Waals surface area (Å²) in [6.07, 6.45) is 0. The van der Waals surface area contributed by atoms with Crippen LogP contribution in [0.2, 0.25) is 0 Å². The Labute approximate surface area is 120 Å². The maximum absolute atomic E-state index is 13.4. The van der Waals surface area contributed by atoms with Crippen molar-refractivity contribution in [3.8, 4) is 0 Å². The minimum Gasteiger partial charge on any atom is -0.399 e. The molecule has 4 nitrogen and oxygen atoms in total. The van der Waals surface area contributed by atoms with E-state index in [-0.39, 0.29) is 12.1 Å². The van der Waals surface area contributed by atoms with E-state index >= 15 is 0 Å². The first-order valence-corrected chi connectivity index (χ1v) is 6.56. The third kappa shape index (κ3) is 2.50. The van der Waals surface area contributed by atoms with Crippen molar-refractivity contribution in [3.05, 3.63) is 69.9 Å². The summed E-state index contributed by atoms with van der Waals surface area (Å²) in [5, 5.41) is 0. The molecule has 0 aliphatic rings. The number of benzene rings is 2. The minimum atomic E-state index is -0.409. The molecule has 0 fully saturated rings. The average Bonchev–Trinajstić information content (AvgIpc) is 2.43. The van der Waals surface area contributed by atoms with Crippen LogP contribution in [-0.4, -0.2) is 9.55 Å². The van der Waals surface area contributed by atoms with Crippen molar-refractivity contribution in [2.24, 2.45) is 0 Å². The third-order valence-electron chi connectivity index (χ3n) is 3.34. The highest BCUT2D eigenvalue weighted by Crippen LogP contribution is 2.15. The topological polar surface area (TPSA) is 60.9 Å². The van der Waals surface area contributed by atoms with Crippen LogP contribution in [0.5, 0.6) is 0 Å². The van der Waals surface area contributed by atoms with Gasteiger partial charge in [0.15, 0.2) is 0 Å². The molecule has 0 saturated heterocycles. The van der Waals surface area contributed by atoms with Gasteiger partial charge in [0.25, 0.3) is 5.56 Å². The molecule has 0 spiro atoms. The van der Waals surface area contributed by atoms with Crippen molar-refractivity contribution in [2.45, 2.75) is 13.5 Å². The summed E-state index contributed by atoms with van der Waals surface area (Å²) >= 11 is 0. The predicted octanol–water partition coefficient (Wildman–Crippen LogP) is 2.47. The van der Waals surface area contributed by atoms with Gasteiger partial charge in [0.2, 0.25) is 0 Å². The normalized spacial score (nSPS) is 11.0. The number of hydrogen-bond donors (Lipinski definition) is 1. The first-order valence-electron chi connectivity index (χ1n) is 6.56. The highest BCUT2D eigenvalue weighted by molar-refractivity contribution is 5.74. The van der Waals surface area contributed by atoms with E-state index in [4.69, 9.17) is 5.73 Å². The molecule has 0 bridgehead atoms. The fraction of sp³-hybridized carbons (Fsp3) is 0.125. The molecule has 1 heterocycles. The summed E-state index contributed by atoms with van der Waals surface area (Å²) in [6, 6.07) is 11.7. The Morgan fingerprint density at radius 2 is 2.00 bits per heavy atom. The largest absolute Gasteiger partial charge is 0.399 e. The molecule has 5 heteroatoms. The fourth-order valence-electron chi connectivity index (χ4n) is 2.43. The van der Waals surface area contributed by atoms with Gasteiger partial charge in [-0.3, -0.25) is 4.79 Å². The van der Waals surface area contributed by atoms with Crippen LogP contribution < -0.4 is 11.3 Å². The number of halogens is 1. The minimum absolute atomic E-state index is 0.184. The number of nitrogen functional groups attached to an aromatic ring is 1. The van der Waals surface area contributed by atoms with Gasteiger partial charge in [-0.2, -0.15) is 0 Å². The van der Waals surface area contributed by atoms with Crippen molar-refractivity contribution in [1.29, 1.82) is 0 Å². The van der Waals surface area contributed by atoms with Crippen LogP contribution >= 0.6 is 0 Å². The van der Waals surface area contributed by atoms with Gasteiger partial charge in [0, 0.05) is 5.69 Å². The van der Waals surface area contributed by atoms with Gasteiger partial charge in [-0.15, -0.1) is 0 Å². The second kappa shape index (κ2) is 5.01. The van der Waals surface area contributed by atoms with E-state index in [1.807, 2.05) is 24.3 Å². The highest BCUT2D eigenvalue weighted by Gasteiger charge is 2.09. The number of nitrogens with two attached hydrogens (primary N) is 1. The standard InChI is InChI=1S/C16H14FN3O/c1-10-16(21)20(15-5-3-2-4-14(15)19-10)9-11-6-12(17)8-13(18)7-11/h2-8H,9,18H2,1H3. The van der Waals surface area contributed by atoms with E-state index in [1.165, 1.54) is 12.1 Å². The van der Waals surface area contributed by atoms with Crippen LogP contribution in [0.1, 0.15) is 11.3 Å². The Balaban J connectivity index is 2.20. The molecule has 0 amide bonds. The zero-order chi connectivity index (χ0) is 15.0. The average molecular weight is 283 g/mol. The van der Waals surface area contributed by atoms with E-state index in [1.54, 1.807) is 17.6 Å². The van der Waals surface area contributed by atoms with Crippen LogP contribution in [0.4, 0.5) is 10.1 Å². The summed E-state index contributed by atoms with van der Waals surface area (Å²) in [7, 11) is 0. The number of hydrogen-bond acceptors (Lipinski definition) is 3. The molecule has 3 rings (SSSR count). The highest BCUT2D eigenvalue weighted by atomic mass is 19.1. The summed E-state index contributed by atoms with van der Waals surface area (Å²) in [6.45, 7) is 1.93. The van der Waals surface area contributed by atoms with Crippen LogP contribution in [0.3, 0.4) is 0 Å². The lowest BCUT2D eigenvalue weighted by molar-refractivity contribution is 0.624. The molecular formula is C16H14FN3O. The summed E-state index contributed by atoms with van der Waals surface area (Å²) in [5.41, 5.74) is 8.32. The molecule has 0 saturated carbocycles. The molecule has 1 aromatic heterocycles. The molecule has 2 N–H and O–H groups in total. The van der Waals surface area contributed by atoms with E-state index in [2.05, 4.69) is 4.98 Å². The molecule has 0 unspecified atom stereocenters. The van der Waals surface area contributed by atoms with Gasteiger partial charge >= 0.3 is 0 Å². The first-order chi connectivity index (χ1) is 10.0. The third-order valence-corrected chi connectivity index (χ3v) is 3.34. The Hall–Kier alpha value is -2.69. The number of fused-ring (bicyclic) bond motifs is 1. The molecule has 0 radical (unpaired) electrons. The number of aryl methyl sites for hydroxylation is 1. The molecule has 3 aromatic rings. The van der Waals surface area contributed by atoms with Crippen LogP contribution in [0, 0.1) is 12.7 Å². The maximum Gasteiger partial charge on any atom is 0.272 e. The number of aromatic nitrogens is 2. The Bertz CT molecular complexity index is 866. The van der Waals surface area contributed by atoms with Gasteiger partial charge in [-0.1, -0.05) is 12.1 Å². The van der Waals surface area contributed by atoms with Crippen LogP contribution in [-0.2, 0) is 6.54 Å². The maximum atomic E-state index is 13.4. The smallest absolute Gasteiger partial charge is 0.272 e. The van der Waals surface area contributed by atoms with Gasteiger partial charge in [0.05, 0.1) is 17.6 Å². The first kappa shape index (κ1) is 13.3. The van der Waals surface area contributed by atoms with Crippen molar-refractivity contribution < 1.29 is 4.39 Å². The molecule has 0 aliphatic carbocycles. The Morgan fingerprint density at radius 3 is 2.76 bits per heavy atom. The summed E-state index contributed by atoms with van der Waals surface area (Å²) in [5.74, 6) is -0.409. The Morgan fingerprint density at radius 1 is 1.24 bits per heavy atom. The summed E-state index contributed by atoms with van der Waals surface area (Å²) in [4.78, 5) is 16.6. The van der Waals surface area contributed by atoms with Crippen molar-refractivity contribution in [1.82, 2.24) is 9.55 Å². The monoisotopic (exact) mass is 283 g/mol. The zero-order valence-electron chi connectivity index (χ0n) is 11.5. The molecule has 21 heavy (non-hydrogen) atoms. The molecule has 0 aliphatic heterocycles. The summed E-state index contributed by atoms with van der Waals surface area (Å²) < 4.78 is 15.0. The molecule has 106 valence electrons. The molecule has 2 aromatic carbocycles. The van der Waals surface area contributed by atoms with E-state index < -0.39 is 5.82 Å². The lowest BCUT2D eigenvalue weighted by Crippen LogP contribution is -2.24. The number of para-hydroxylation sites is 2. The van der Waals surface area contributed by atoms with Crippen LogP contribution in [0.25, 0.3) is 11.0 Å². The van der Waals surface area contributed by atoms with Crippen LogP contribution in [0.15, 0.2) is 47.3 Å². The van der Waals surface area contributed by atoms with Gasteiger partial charge in [-0.25, -0.2) is 9.37 Å². The van der Waals surface area contributed by atoms with Crippen molar-refractivity contribution in [2.75, 3.05) is 5.73 Å².